The molecule has 0 radical (unpaired) electrons. The van der Waals surface area contributed by atoms with E-state index in [4.69, 9.17) is 22.1 Å². The lowest BCUT2D eigenvalue weighted by Crippen LogP contribution is -2.36. The van der Waals surface area contributed by atoms with Gasteiger partial charge in [-0.3, -0.25) is 4.79 Å². The molecule has 0 aromatic heterocycles. The summed E-state index contributed by atoms with van der Waals surface area (Å²) in [6.45, 7) is 6.73. The molecule has 0 heterocycles. The van der Waals surface area contributed by atoms with Gasteiger partial charge in [-0.1, -0.05) is 25.4 Å². The maximum absolute atomic E-state index is 12.0. The van der Waals surface area contributed by atoms with Crippen LogP contribution in [0.5, 0.6) is 5.75 Å². The van der Waals surface area contributed by atoms with Gasteiger partial charge in [-0.25, -0.2) is 0 Å². The Morgan fingerprint density at radius 1 is 1.43 bits per heavy atom. The van der Waals surface area contributed by atoms with Gasteiger partial charge in [-0.15, -0.1) is 0 Å². The number of aryl methyl sites for hydroxylation is 1. The van der Waals surface area contributed by atoms with Crippen LogP contribution in [0.4, 0.5) is 0 Å². The van der Waals surface area contributed by atoms with Gasteiger partial charge in [-0.05, 0) is 43.0 Å². The third-order valence-electron chi connectivity index (χ3n) is 3.57. The monoisotopic (exact) mass is 312 g/mol. The Labute approximate surface area is 132 Å². The zero-order chi connectivity index (χ0) is 16.0. The van der Waals surface area contributed by atoms with Crippen molar-refractivity contribution in [2.45, 2.75) is 33.2 Å². The van der Waals surface area contributed by atoms with Gasteiger partial charge in [0.15, 0.2) is 6.61 Å². The molecule has 1 unspecified atom stereocenters. The largest absolute Gasteiger partial charge is 0.484 e. The molecule has 1 rings (SSSR count). The molecule has 0 aliphatic carbocycles. The van der Waals surface area contributed by atoms with Crippen molar-refractivity contribution in [3.05, 3.63) is 28.8 Å². The Balaban J connectivity index is 2.40. The standard InChI is InChI=1S/C16H25ClN2O2/c1-11(2)15(18)7-8-19(4)16(20)10-21-13-5-6-14(17)12(3)9-13/h5-6,9,11,15H,7-8,10,18H2,1-4H3. The number of benzene rings is 1. The molecule has 0 bridgehead atoms. The van der Waals surface area contributed by atoms with Gasteiger partial charge in [0, 0.05) is 24.7 Å². The van der Waals surface area contributed by atoms with Gasteiger partial charge in [0.25, 0.3) is 5.91 Å². The molecule has 0 fully saturated rings. The average molecular weight is 313 g/mol. The summed E-state index contributed by atoms with van der Waals surface area (Å²) >= 11 is 5.95. The third kappa shape index (κ3) is 5.94. The second-order valence-corrected chi connectivity index (χ2v) is 6.12. The Morgan fingerprint density at radius 2 is 2.10 bits per heavy atom. The van der Waals surface area contributed by atoms with E-state index in [0.29, 0.717) is 23.2 Å². The number of rotatable bonds is 7. The average Bonchev–Trinajstić information content (AvgIpc) is 2.44. The fourth-order valence-corrected chi connectivity index (χ4v) is 1.88. The van der Waals surface area contributed by atoms with Crippen molar-refractivity contribution in [2.24, 2.45) is 11.7 Å². The minimum absolute atomic E-state index is 0.0223. The maximum atomic E-state index is 12.0. The molecule has 4 nitrogen and oxygen atoms in total. The predicted molar refractivity (Wildman–Crippen MR) is 86.8 cm³/mol. The second kappa shape index (κ2) is 8.25. The molecule has 1 aromatic rings. The highest BCUT2D eigenvalue weighted by atomic mass is 35.5. The molecule has 2 N–H and O–H groups in total. The van der Waals surface area contributed by atoms with Crippen molar-refractivity contribution >= 4 is 17.5 Å². The number of nitrogens with zero attached hydrogens (tertiary/aromatic N) is 1. The number of nitrogens with two attached hydrogens (primary N) is 1. The van der Waals surface area contributed by atoms with Gasteiger partial charge in [0.05, 0.1) is 0 Å². The molecule has 0 aliphatic rings. The van der Waals surface area contributed by atoms with E-state index in [9.17, 15) is 4.79 Å². The van der Waals surface area contributed by atoms with Crippen LogP contribution in [0.2, 0.25) is 5.02 Å². The normalized spacial score (nSPS) is 12.3. The minimum Gasteiger partial charge on any atom is -0.484 e. The predicted octanol–water partition coefficient (Wildman–Crippen LogP) is 2.86. The second-order valence-electron chi connectivity index (χ2n) is 5.71. The van der Waals surface area contributed by atoms with Crippen molar-refractivity contribution in [3.8, 4) is 5.75 Å². The fourth-order valence-electron chi connectivity index (χ4n) is 1.76. The Kier molecular flexibility index (Phi) is 6.99. The van der Waals surface area contributed by atoms with Crippen LogP contribution in [0.1, 0.15) is 25.8 Å². The van der Waals surface area contributed by atoms with E-state index in [1.807, 2.05) is 13.0 Å². The van der Waals surface area contributed by atoms with Crippen molar-refractivity contribution in [3.63, 3.8) is 0 Å². The zero-order valence-corrected chi connectivity index (χ0v) is 14.0. The molecule has 1 atom stereocenters. The van der Waals surface area contributed by atoms with Gasteiger partial charge in [0.1, 0.15) is 5.75 Å². The fraction of sp³-hybridized carbons (Fsp3) is 0.562. The topological polar surface area (TPSA) is 55.6 Å². The van der Waals surface area contributed by atoms with E-state index in [2.05, 4.69) is 13.8 Å². The van der Waals surface area contributed by atoms with Gasteiger partial charge >= 0.3 is 0 Å². The number of carbonyl (C=O) groups is 1. The molecule has 0 saturated carbocycles. The van der Waals surface area contributed by atoms with Gasteiger partial charge < -0.3 is 15.4 Å². The molecule has 0 aliphatic heterocycles. The van der Waals surface area contributed by atoms with Crippen LogP contribution in [0.15, 0.2) is 18.2 Å². The molecule has 5 heteroatoms. The summed E-state index contributed by atoms with van der Waals surface area (Å²) in [4.78, 5) is 13.6. The van der Waals surface area contributed by atoms with E-state index < -0.39 is 0 Å². The molecular weight excluding hydrogens is 288 g/mol. The summed E-state index contributed by atoms with van der Waals surface area (Å²) in [5.74, 6) is 1.01. The lowest BCUT2D eigenvalue weighted by molar-refractivity contribution is -0.132. The highest BCUT2D eigenvalue weighted by Gasteiger charge is 2.13. The molecule has 118 valence electrons. The highest BCUT2D eigenvalue weighted by Crippen LogP contribution is 2.20. The lowest BCUT2D eigenvalue weighted by atomic mass is 10.0. The summed E-state index contributed by atoms with van der Waals surface area (Å²) in [5, 5.41) is 0.688. The smallest absolute Gasteiger partial charge is 0.260 e. The lowest BCUT2D eigenvalue weighted by Gasteiger charge is -2.21. The van der Waals surface area contributed by atoms with Crippen LogP contribution in [0.25, 0.3) is 0 Å². The van der Waals surface area contributed by atoms with E-state index in [1.165, 1.54) is 0 Å². The minimum atomic E-state index is -0.0569. The van der Waals surface area contributed by atoms with Crippen molar-refractivity contribution in [1.29, 1.82) is 0 Å². The van der Waals surface area contributed by atoms with Gasteiger partial charge in [0.2, 0.25) is 0 Å². The molecule has 0 spiro atoms. The number of hydrogen-bond acceptors (Lipinski definition) is 3. The zero-order valence-electron chi connectivity index (χ0n) is 13.2. The summed E-state index contributed by atoms with van der Waals surface area (Å²) in [5.41, 5.74) is 6.91. The number of halogens is 1. The Bertz CT molecular complexity index is 477. The van der Waals surface area contributed by atoms with Crippen LogP contribution >= 0.6 is 11.6 Å². The summed E-state index contributed by atoms with van der Waals surface area (Å²) in [7, 11) is 1.77. The first kappa shape index (κ1) is 17.8. The van der Waals surface area contributed by atoms with E-state index in [0.717, 1.165) is 12.0 Å². The van der Waals surface area contributed by atoms with E-state index in [-0.39, 0.29) is 18.6 Å². The number of ether oxygens (including phenoxy) is 1. The van der Waals surface area contributed by atoms with Crippen LogP contribution in [-0.2, 0) is 4.79 Å². The summed E-state index contributed by atoms with van der Waals surface area (Å²) in [6, 6.07) is 5.46. The van der Waals surface area contributed by atoms with Crippen molar-refractivity contribution in [2.75, 3.05) is 20.2 Å². The van der Waals surface area contributed by atoms with Crippen LogP contribution in [-0.4, -0.2) is 37.0 Å². The summed E-state index contributed by atoms with van der Waals surface area (Å²) in [6.07, 6.45) is 0.792. The third-order valence-corrected chi connectivity index (χ3v) is 4.00. The first-order valence-electron chi connectivity index (χ1n) is 7.19. The number of hydrogen-bond donors (Lipinski definition) is 1. The molecule has 21 heavy (non-hydrogen) atoms. The summed E-state index contributed by atoms with van der Waals surface area (Å²) < 4.78 is 5.50. The SMILES string of the molecule is Cc1cc(OCC(=O)N(C)CCC(N)C(C)C)ccc1Cl. The number of likely N-dealkylation sites (N-methyl/N-ethyl adjacent to an activating group) is 1. The van der Waals surface area contributed by atoms with Crippen molar-refractivity contribution < 1.29 is 9.53 Å². The van der Waals surface area contributed by atoms with E-state index in [1.54, 1.807) is 24.1 Å². The Morgan fingerprint density at radius 3 is 2.67 bits per heavy atom. The molecular formula is C16H25ClN2O2. The number of carbonyl (C=O) groups excluding carboxylic acids is 1. The van der Waals surface area contributed by atoms with Gasteiger partial charge in [-0.2, -0.15) is 0 Å². The first-order chi connectivity index (χ1) is 9.81. The Hall–Kier alpha value is -1.26. The molecule has 1 aromatic carbocycles. The van der Waals surface area contributed by atoms with Crippen LogP contribution in [0.3, 0.4) is 0 Å². The number of amides is 1. The maximum Gasteiger partial charge on any atom is 0.260 e. The molecule has 1 amide bonds. The van der Waals surface area contributed by atoms with Crippen LogP contribution in [0, 0.1) is 12.8 Å². The van der Waals surface area contributed by atoms with Crippen LogP contribution < -0.4 is 10.5 Å². The highest BCUT2D eigenvalue weighted by molar-refractivity contribution is 6.31. The molecule has 0 saturated heterocycles. The quantitative estimate of drug-likeness (QED) is 0.842. The van der Waals surface area contributed by atoms with Crippen molar-refractivity contribution in [1.82, 2.24) is 4.90 Å². The van der Waals surface area contributed by atoms with E-state index >= 15 is 0 Å². The first-order valence-corrected chi connectivity index (χ1v) is 7.57.